The van der Waals surface area contributed by atoms with Crippen molar-refractivity contribution in [3.8, 4) is 11.1 Å². The summed E-state index contributed by atoms with van der Waals surface area (Å²) >= 11 is 0. The number of anilines is 1. The van der Waals surface area contributed by atoms with Crippen LogP contribution in [0.15, 0.2) is 42.6 Å². The molecule has 0 bridgehead atoms. The van der Waals surface area contributed by atoms with Gasteiger partial charge in [-0.1, -0.05) is 39.0 Å². The molecule has 0 saturated carbocycles. The summed E-state index contributed by atoms with van der Waals surface area (Å²) in [5.41, 5.74) is 3.33. The van der Waals surface area contributed by atoms with Gasteiger partial charge in [0.1, 0.15) is 5.82 Å². The highest BCUT2D eigenvalue weighted by molar-refractivity contribution is 5.76. The van der Waals surface area contributed by atoms with E-state index in [-0.39, 0.29) is 11.3 Å². The maximum absolute atomic E-state index is 12.1. The normalized spacial score (nSPS) is 15.5. The zero-order valence-corrected chi connectivity index (χ0v) is 19.1. The SMILES string of the molecule is CC(C)N1CCN(c2ccc(-c3cccc(CNC(=O)CC(C)(C)C)c3)cn2)CC1. The van der Waals surface area contributed by atoms with Gasteiger partial charge in [-0.2, -0.15) is 0 Å². The molecule has 2 aromatic rings. The lowest BCUT2D eigenvalue weighted by molar-refractivity contribution is -0.122. The quantitative estimate of drug-likeness (QED) is 0.773. The number of nitrogens with zero attached hydrogens (tertiary/aromatic N) is 3. The lowest BCUT2D eigenvalue weighted by Gasteiger charge is -2.37. The third-order valence-electron chi connectivity index (χ3n) is 5.56. The topological polar surface area (TPSA) is 48.5 Å². The molecule has 162 valence electrons. The van der Waals surface area contributed by atoms with Crippen molar-refractivity contribution in [1.29, 1.82) is 0 Å². The number of pyridine rings is 1. The van der Waals surface area contributed by atoms with Crippen LogP contribution in [0, 0.1) is 5.41 Å². The van der Waals surface area contributed by atoms with Crippen molar-refractivity contribution in [3.63, 3.8) is 0 Å². The van der Waals surface area contributed by atoms with E-state index in [1.54, 1.807) is 0 Å². The Morgan fingerprint density at radius 3 is 2.40 bits per heavy atom. The molecule has 1 N–H and O–H groups in total. The number of carbonyl (C=O) groups excluding carboxylic acids is 1. The molecule has 1 amide bonds. The van der Waals surface area contributed by atoms with Crippen LogP contribution in [0.3, 0.4) is 0 Å². The summed E-state index contributed by atoms with van der Waals surface area (Å²) in [4.78, 5) is 21.7. The summed E-state index contributed by atoms with van der Waals surface area (Å²) in [7, 11) is 0. The molecule has 1 aromatic carbocycles. The molecule has 0 unspecified atom stereocenters. The molecule has 0 spiro atoms. The molecule has 5 nitrogen and oxygen atoms in total. The Morgan fingerprint density at radius 1 is 1.07 bits per heavy atom. The van der Waals surface area contributed by atoms with Crippen molar-refractivity contribution >= 4 is 11.7 Å². The van der Waals surface area contributed by atoms with E-state index in [0.29, 0.717) is 19.0 Å². The van der Waals surface area contributed by atoms with Crippen LogP contribution < -0.4 is 10.2 Å². The third-order valence-corrected chi connectivity index (χ3v) is 5.56. The van der Waals surface area contributed by atoms with Gasteiger partial charge in [0.05, 0.1) is 0 Å². The zero-order valence-electron chi connectivity index (χ0n) is 19.1. The van der Waals surface area contributed by atoms with Gasteiger partial charge in [0.15, 0.2) is 0 Å². The van der Waals surface area contributed by atoms with Crippen LogP contribution in [0.4, 0.5) is 5.82 Å². The Bertz CT molecular complexity index is 831. The second-order valence-electron chi connectivity index (χ2n) is 9.74. The lowest BCUT2D eigenvalue weighted by atomic mass is 9.92. The fourth-order valence-corrected chi connectivity index (χ4v) is 3.82. The minimum Gasteiger partial charge on any atom is -0.354 e. The van der Waals surface area contributed by atoms with Crippen molar-refractivity contribution in [1.82, 2.24) is 15.2 Å². The smallest absolute Gasteiger partial charge is 0.220 e. The fraction of sp³-hybridized carbons (Fsp3) is 0.520. The molecule has 1 aromatic heterocycles. The average Bonchev–Trinajstić information content (AvgIpc) is 2.71. The van der Waals surface area contributed by atoms with Gasteiger partial charge < -0.3 is 10.2 Å². The standard InChI is InChI=1S/C25H36N4O/c1-19(2)28-11-13-29(14-12-28)23-10-9-22(18-26-23)21-8-6-7-20(15-21)17-27-24(30)16-25(3,4)5/h6-10,15,18-19H,11-14,16-17H2,1-5H3,(H,27,30). The van der Waals surface area contributed by atoms with Gasteiger partial charge >= 0.3 is 0 Å². The lowest BCUT2D eigenvalue weighted by Crippen LogP contribution is -2.49. The van der Waals surface area contributed by atoms with Gasteiger partial charge in [-0.15, -0.1) is 0 Å². The minimum atomic E-state index is 0.000771. The molecular formula is C25H36N4O. The average molecular weight is 409 g/mol. The maximum atomic E-state index is 12.1. The van der Waals surface area contributed by atoms with Crippen LogP contribution in [0.25, 0.3) is 11.1 Å². The molecule has 5 heteroatoms. The van der Waals surface area contributed by atoms with Crippen LogP contribution in [-0.4, -0.2) is 48.0 Å². The second kappa shape index (κ2) is 9.61. The van der Waals surface area contributed by atoms with E-state index in [4.69, 9.17) is 4.98 Å². The summed E-state index contributed by atoms with van der Waals surface area (Å²) in [5.74, 6) is 1.14. The first-order valence-electron chi connectivity index (χ1n) is 11.0. The van der Waals surface area contributed by atoms with E-state index < -0.39 is 0 Å². The van der Waals surface area contributed by atoms with Crippen molar-refractivity contribution in [2.75, 3.05) is 31.1 Å². The number of amides is 1. The molecule has 3 rings (SSSR count). The predicted molar refractivity (Wildman–Crippen MR) is 125 cm³/mol. The van der Waals surface area contributed by atoms with Crippen molar-refractivity contribution in [2.24, 2.45) is 5.41 Å². The van der Waals surface area contributed by atoms with Gasteiger partial charge in [0, 0.05) is 56.9 Å². The van der Waals surface area contributed by atoms with Gasteiger partial charge in [-0.05, 0) is 48.6 Å². The molecule has 1 aliphatic rings. The highest BCUT2D eigenvalue weighted by Gasteiger charge is 2.19. The number of nitrogens with one attached hydrogen (secondary N) is 1. The number of carbonyl (C=O) groups is 1. The number of hydrogen-bond donors (Lipinski definition) is 1. The van der Waals surface area contributed by atoms with Crippen LogP contribution in [0.2, 0.25) is 0 Å². The molecule has 0 atom stereocenters. The summed E-state index contributed by atoms with van der Waals surface area (Å²) in [6.07, 6.45) is 2.49. The van der Waals surface area contributed by atoms with E-state index in [9.17, 15) is 4.79 Å². The number of rotatable bonds is 6. The molecule has 1 fully saturated rings. The van der Waals surface area contributed by atoms with Gasteiger partial charge in [-0.3, -0.25) is 9.69 Å². The number of piperazine rings is 1. The molecule has 0 radical (unpaired) electrons. The van der Waals surface area contributed by atoms with E-state index in [0.717, 1.165) is 48.7 Å². The monoisotopic (exact) mass is 408 g/mol. The van der Waals surface area contributed by atoms with E-state index >= 15 is 0 Å². The zero-order chi connectivity index (χ0) is 21.7. The van der Waals surface area contributed by atoms with Crippen molar-refractivity contribution < 1.29 is 4.79 Å². The molecule has 2 heterocycles. The molecular weight excluding hydrogens is 372 g/mol. The number of hydrogen-bond acceptors (Lipinski definition) is 4. The van der Waals surface area contributed by atoms with Crippen LogP contribution >= 0.6 is 0 Å². The van der Waals surface area contributed by atoms with E-state index in [1.807, 2.05) is 12.3 Å². The number of aromatic nitrogens is 1. The van der Waals surface area contributed by atoms with Crippen LogP contribution in [0.5, 0.6) is 0 Å². The first-order chi connectivity index (χ1) is 14.2. The fourth-order valence-electron chi connectivity index (χ4n) is 3.82. The molecule has 0 aliphatic carbocycles. The largest absolute Gasteiger partial charge is 0.354 e. The molecule has 1 aliphatic heterocycles. The van der Waals surface area contributed by atoms with E-state index in [2.05, 4.69) is 80.1 Å². The predicted octanol–water partition coefficient (Wildman–Crippen LogP) is 4.33. The van der Waals surface area contributed by atoms with Crippen molar-refractivity contribution in [2.45, 2.75) is 53.6 Å². The minimum absolute atomic E-state index is 0.000771. The van der Waals surface area contributed by atoms with Crippen molar-refractivity contribution in [3.05, 3.63) is 48.2 Å². The Morgan fingerprint density at radius 2 is 1.80 bits per heavy atom. The van der Waals surface area contributed by atoms with Gasteiger partial charge in [0.2, 0.25) is 5.91 Å². The molecule has 30 heavy (non-hydrogen) atoms. The first-order valence-corrected chi connectivity index (χ1v) is 11.0. The molecule has 1 saturated heterocycles. The Kier molecular flexibility index (Phi) is 7.14. The van der Waals surface area contributed by atoms with Crippen LogP contribution in [0.1, 0.15) is 46.6 Å². The summed E-state index contributed by atoms with van der Waals surface area (Å²) in [6.45, 7) is 15.5. The van der Waals surface area contributed by atoms with Gasteiger partial charge in [-0.25, -0.2) is 4.98 Å². The summed E-state index contributed by atoms with van der Waals surface area (Å²) < 4.78 is 0. The highest BCUT2D eigenvalue weighted by atomic mass is 16.1. The van der Waals surface area contributed by atoms with E-state index in [1.165, 1.54) is 0 Å². The van der Waals surface area contributed by atoms with Gasteiger partial charge in [0.25, 0.3) is 0 Å². The third kappa shape index (κ3) is 6.30. The first kappa shape index (κ1) is 22.3. The maximum Gasteiger partial charge on any atom is 0.220 e. The summed E-state index contributed by atoms with van der Waals surface area (Å²) in [6, 6.07) is 13.2. The Labute approximate surface area is 181 Å². The second-order valence-corrected chi connectivity index (χ2v) is 9.74. The Balaban J connectivity index is 1.60. The Hall–Kier alpha value is -2.40. The van der Waals surface area contributed by atoms with Crippen LogP contribution in [-0.2, 0) is 11.3 Å². The number of benzene rings is 1. The summed E-state index contributed by atoms with van der Waals surface area (Å²) in [5, 5.41) is 3.03. The highest BCUT2D eigenvalue weighted by Crippen LogP contribution is 2.23.